The van der Waals surface area contributed by atoms with Crippen molar-refractivity contribution in [3.63, 3.8) is 0 Å². The second-order valence-corrected chi connectivity index (χ2v) is 4.43. The highest BCUT2D eigenvalue weighted by Gasteiger charge is 2.35. The SMILES string of the molecule is C=C1CC1C(C)C(C)C(C)C. The maximum absolute atomic E-state index is 4.01. The lowest BCUT2D eigenvalue weighted by Gasteiger charge is -2.22. The normalized spacial score (nSPS) is 28.8. The number of allylic oxidation sites excluding steroid dienone is 1. The highest BCUT2D eigenvalue weighted by molar-refractivity contribution is 5.20. The molecule has 0 radical (unpaired) electrons. The van der Waals surface area contributed by atoms with Crippen LogP contribution in [0.3, 0.4) is 0 Å². The van der Waals surface area contributed by atoms with Gasteiger partial charge in [0.2, 0.25) is 0 Å². The van der Waals surface area contributed by atoms with Crippen molar-refractivity contribution >= 4 is 0 Å². The molecule has 3 atom stereocenters. The molecule has 0 spiro atoms. The van der Waals surface area contributed by atoms with Gasteiger partial charge in [-0.05, 0) is 30.1 Å². The van der Waals surface area contributed by atoms with Gasteiger partial charge in [-0.2, -0.15) is 0 Å². The summed E-state index contributed by atoms with van der Waals surface area (Å²) in [5.74, 6) is 3.37. The molecule has 1 aliphatic rings. The molecule has 0 heterocycles. The largest absolute Gasteiger partial charge is 0.0995 e. The maximum Gasteiger partial charge on any atom is -0.0140 e. The standard InChI is InChI=1S/C11H20/c1-7(2)9(4)10(5)11-6-8(11)3/h7,9-11H,3,6H2,1-2,4-5H3. The first kappa shape index (κ1) is 8.83. The molecule has 0 N–H and O–H groups in total. The molecule has 0 nitrogen and oxygen atoms in total. The Morgan fingerprint density at radius 3 is 2.00 bits per heavy atom. The maximum atomic E-state index is 4.01. The van der Waals surface area contributed by atoms with Crippen molar-refractivity contribution in [2.45, 2.75) is 34.1 Å². The van der Waals surface area contributed by atoms with E-state index in [-0.39, 0.29) is 0 Å². The Labute approximate surface area is 70.7 Å². The lowest BCUT2D eigenvalue weighted by molar-refractivity contribution is 0.274. The summed E-state index contributed by atoms with van der Waals surface area (Å²) in [5.41, 5.74) is 1.48. The minimum atomic E-state index is 0.818. The van der Waals surface area contributed by atoms with E-state index in [4.69, 9.17) is 0 Å². The van der Waals surface area contributed by atoms with Crippen LogP contribution >= 0.6 is 0 Å². The third-order valence-electron chi connectivity index (χ3n) is 3.36. The van der Waals surface area contributed by atoms with Crippen molar-refractivity contribution < 1.29 is 0 Å². The van der Waals surface area contributed by atoms with Crippen LogP contribution in [0.4, 0.5) is 0 Å². The van der Waals surface area contributed by atoms with Crippen LogP contribution in [0.5, 0.6) is 0 Å². The Balaban J connectivity index is 2.41. The lowest BCUT2D eigenvalue weighted by atomic mass is 9.83. The summed E-state index contributed by atoms with van der Waals surface area (Å²) in [4.78, 5) is 0. The first-order valence-electron chi connectivity index (χ1n) is 4.71. The average molecular weight is 152 g/mol. The van der Waals surface area contributed by atoms with E-state index in [0.29, 0.717) is 0 Å². The third kappa shape index (κ3) is 1.85. The molecule has 1 aliphatic carbocycles. The lowest BCUT2D eigenvalue weighted by Crippen LogP contribution is -2.15. The molecule has 11 heavy (non-hydrogen) atoms. The molecule has 0 aromatic heterocycles. The minimum Gasteiger partial charge on any atom is -0.0995 e. The van der Waals surface area contributed by atoms with E-state index >= 15 is 0 Å². The smallest absolute Gasteiger partial charge is 0.0140 e. The zero-order valence-electron chi connectivity index (χ0n) is 8.22. The molecule has 0 saturated heterocycles. The van der Waals surface area contributed by atoms with Crippen molar-refractivity contribution in [1.82, 2.24) is 0 Å². The second-order valence-electron chi connectivity index (χ2n) is 4.43. The first-order valence-corrected chi connectivity index (χ1v) is 4.71. The number of hydrogen-bond donors (Lipinski definition) is 0. The van der Waals surface area contributed by atoms with Gasteiger partial charge in [0.05, 0.1) is 0 Å². The van der Waals surface area contributed by atoms with Crippen LogP contribution in [-0.4, -0.2) is 0 Å². The van der Waals surface area contributed by atoms with Crippen LogP contribution in [0.1, 0.15) is 34.1 Å². The molecule has 1 fully saturated rings. The Kier molecular flexibility index (Phi) is 2.41. The summed E-state index contributed by atoms with van der Waals surface area (Å²) >= 11 is 0. The van der Waals surface area contributed by atoms with Crippen LogP contribution < -0.4 is 0 Å². The zero-order valence-corrected chi connectivity index (χ0v) is 8.22. The summed E-state index contributed by atoms with van der Waals surface area (Å²) in [6.45, 7) is 13.4. The molecule has 3 unspecified atom stereocenters. The molecule has 64 valence electrons. The predicted octanol–water partition coefficient (Wildman–Crippen LogP) is 3.49. The third-order valence-corrected chi connectivity index (χ3v) is 3.36. The van der Waals surface area contributed by atoms with Gasteiger partial charge >= 0.3 is 0 Å². The molecule has 0 aromatic rings. The van der Waals surface area contributed by atoms with Gasteiger partial charge in [0, 0.05) is 0 Å². The van der Waals surface area contributed by atoms with Crippen molar-refractivity contribution in [3.05, 3.63) is 12.2 Å². The summed E-state index contributed by atoms with van der Waals surface area (Å²) in [6.07, 6.45) is 1.29. The summed E-state index contributed by atoms with van der Waals surface area (Å²) in [5, 5.41) is 0. The van der Waals surface area contributed by atoms with Crippen LogP contribution in [0, 0.1) is 23.7 Å². The summed E-state index contributed by atoms with van der Waals surface area (Å²) in [7, 11) is 0. The van der Waals surface area contributed by atoms with Gasteiger partial charge in [0.1, 0.15) is 0 Å². The highest BCUT2D eigenvalue weighted by atomic mass is 14.4. The van der Waals surface area contributed by atoms with E-state index in [9.17, 15) is 0 Å². The van der Waals surface area contributed by atoms with E-state index in [1.165, 1.54) is 12.0 Å². The Morgan fingerprint density at radius 1 is 1.27 bits per heavy atom. The fraction of sp³-hybridized carbons (Fsp3) is 0.818. The molecule has 0 aromatic carbocycles. The van der Waals surface area contributed by atoms with Crippen molar-refractivity contribution in [2.75, 3.05) is 0 Å². The first-order chi connectivity index (χ1) is 5.04. The highest BCUT2D eigenvalue weighted by Crippen LogP contribution is 2.46. The van der Waals surface area contributed by atoms with Crippen molar-refractivity contribution in [2.24, 2.45) is 23.7 Å². The van der Waals surface area contributed by atoms with Crippen LogP contribution in [0.2, 0.25) is 0 Å². The fourth-order valence-corrected chi connectivity index (χ4v) is 1.75. The summed E-state index contributed by atoms with van der Waals surface area (Å²) in [6, 6.07) is 0. The molecule has 1 saturated carbocycles. The second kappa shape index (κ2) is 3.00. The quantitative estimate of drug-likeness (QED) is 0.543. The topological polar surface area (TPSA) is 0 Å². The van der Waals surface area contributed by atoms with E-state index in [0.717, 1.165) is 23.7 Å². The molecule has 0 bridgehead atoms. The molecular weight excluding hydrogens is 132 g/mol. The van der Waals surface area contributed by atoms with Gasteiger partial charge in [-0.1, -0.05) is 39.8 Å². The minimum absolute atomic E-state index is 0.818. The van der Waals surface area contributed by atoms with Crippen molar-refractivity contribution in [3.8, 4) is 0 Å². The van der Waals surface area contributed by atoms with Gasteiger partial charge in [-0.25, -0.2) is 0 Å². The molecule has 0 amide bonds. The average Bonchev–Trinajstić information content (AvgIpc) is 2.63. The monoisotopic (exact) mass is 152 g/mol. The van der Waals surface area contributed by atoms with Gasteiger partial charge in [-0.15, -0.1) is 0 Å². The Bertz CT molecular complexity index is 155. The molecule has 0 heteroatoms. The number of hydrogen-bond acceptors (Lipinski definition) is 0. The van der Waals surface area contributed by atoms with Gasteiger partial charge < -0.3 is 0 Å². The van der Waals surface area contributed by atoms with Gasteiger partial charge in [0.15, 0.2) is 0 Å². The molecule has 0 aliphatic heterocycles. The van der Waals surface area contributed by atoms with E-state index < -0.39 is 0 Å². The van der Waals surface area contributed by atoms with Crippen LogP contribution in [0.15, 0.2) is 12.2 Å². The Morgan fingerprint density at radius 2 is 1.73 bits per heavy atom. The van der Waals surface area contributed by atoms with Gasteiger partial charge in [-0.3, -0.25) is 0 Å². The van der Waals surface area contributed by atoms with Crippen LogP contribution in [-0.2, 0) is 0 Å². The van der Waals surface area contributed by atoms with Crippen molar-refractivity contribution in [1.29, 1.82) is 0 Å². The predicted molar refractivity (Wildman–Crippen MR) is 50.4 cm³/mol. The fourth-order valence-electron chi connectivity index (χ4n) is 1.75. The Hall–Kier alpha value is -0.260. The van der Waals surface area contributed by atoms with Gasteiger partial charge in [0.25, 0.3) is 0 Å². The van der Waals surface area contributed by atoms with E-state index in [1.54, 1.807) is 0 Å². The van der Waals surface area contributed by atoms with Crippen LogP contribution in [0.25, 0.3) is 0 Å². The number of rotatable bonds is 3. The molecular formula is C11H20. The van der Waals surface area contributed by atoms with E-state index in [2.05, 4.69) is 34.3 Å². The molecule has 1 rings (SSSR count). The van der Waals surface area contributed by atoms with E-state index in [1.807, 2.05) is 0 Å². The zero-order chi connectivity index (χ0) is 8.59. The summed E-state index contributed by atoms with van der Waals surface area (Å²) < 4.78 is 0.